The molecule has 0 bridgehead atoms. The van der Waals surface area contributed by atoms with Gasteiger partial charge in [-0.3, -0.25) is 4.79 Å². The fraction of sp³-hybridized carbons (Fsp3) is 0.0370. The van der Waals surface area contributed by atoms with Crippen LogP contribution in [0.2, 0.25) is 5.02 Å². The summed E-state index contributed by atoms with van der Waals surface area (Å²) in [5, 5.41) is 6.23. The predicted octanol–water partition coefficient (Wildman–Crippen LogP) is 6.96. The highest BCUT2D eigenvalue weighted by atomic mass is 35.5. The average molecular weight is 471 g/mol. The molecule has 4 aromatic rings. The molecule has 0 aliphatic carbocycles. The number of benzene rings is 4. The lowest BCUT2D eigenvalue weighted by Crippen LogP contribution is -2.19. The van der Waals surface area contributed by atoms with E-state index in [1.807, 2.05) is 97.1 Å². The topological polar surface area (TPSA) is 50.7 Å². The Labute approximate surface area is 201 Å². The van der Waals surface area contributed by atoms with Crippen molar-refractivity contribution < 1.29 is 9.53 Å². The second-order valence-electron chi connectivity index (χ2n) is 7.47. The number of hydrogen-bond donors (Lipinski definition) is 1. The number of fused-ring (bicyclic) bond motifs is 1. The molecule has 5 rings (SSSR count). The quantitative estimate of drug-likeness (QED) is 0.320. The molecule has 0 aromatic heterocycles. The maximum absolute atomic E-state index is 12.6. The van der Waals surface area contributed by atoms with Crippen molar-refractivity contribution in [3.8, 4) is 5.75 Å². The zero-order valence-electron chi connectivity index (χ0n) is 17.5. The van der Waals surface area contributed by atoms with E-state index in [-0.39, 0.29) is 5.91 Å². The lowest BCUT2D eigenvalue weighted by molar-refractivity contribution is -0.115. The number of carbonyl (C=O) groups is 1. The number of carbonyl (C=O) groups excluding carboxylic acids is 1. The minimum atomic E-state index is -0.175. The number of aliphatic imine (C=N–C) groups is 1. The van der Waals surface area contributed by atoms with Crippen molar-refractivity contribution in [3.63, 3.8) is 0 Å². The Morgan fingerprint density at radius 2 is 1.61 bits per heavy atom. The zero-order valence-corrected chi connectivity index (χ0v) is 19.1. The van der Waals surface area contributed by atoms with Gasteiger partial charge in [-0.05, 0) is 70.6 Å². The highest BCUT2D eigenvalue weighted by Crippen LogP contribution is 2.33. The summed E-state index contributed by atoms with van der Waals surface area (Å²) >= 11 is 7.31. The van der Waals surface area contributed by atoms with Gasteiger partial charge in [0.05, 0.1) is 10.6 Å². The monoisotopic (exact) mass is 470 g/mol. The molecular weight excluding hydrogens is 452 g/mol. The molecule has 6 heteroatoms. The van der Waals surface area contributed by atoms with Crippen LogP contribution in [0.3, 0.4) is 0 Å². The van der Waals surface area contributed by atoms with Gasteiger partial charge in [-0.15, -0.1) is 0 Å². The van der Waals surface area contributed by atoms with Crippen LogP contribution in [0.15, 0.2) is 101 Å². The fourth-order valence-corrected chi connectivity index (χ4v) is 4.42. The van der Waals surface area contributed by atoms with Crippen LogP contribution in [0.1, 0.15) is 11.1 Å². The van der Waals surface area contributed by atoms with Crippen molar-refractivity contribution in [2.75, 3.05) is 0 Å². The normalized spacial score (nSPS) is 15.8. The summed E-state index contributed by atoms with van der Waals surface area (Å²) in [5.41, 5.74) is 2.64. The highest BCUT2D eigenvalue weighted by Gasteiger charge is 2.24. The molecule has 4 nitrogen and oxygen atoms in total. The number of rotatable bonds is 5. The number of nitrogens with one attached hydrogen (secondary N) is 1. The van der Waals surface area contributed by atoms with Gasteiger partial charge in [-0.1, -0.05) is 66.2 Å². The number of hydrogen-bond acceptors (Lipinski definition) is 4. The van der Waals surface area contributed by atoms with Crippen molar-refractivity contribution in [3.05, 3.63) is 112 Å². The Hall–Kier alpha value is -3.54. The third-order valence-corrected chi connectivity index (χ3v) is 6.27. The molecule has 4 aromatic carbocycles. The number of amides is 1. The smallest absolute Gasteiger partial charge is 0.264 e. The predicted molar refractivity (Wildman–Crippen MR) is 137 cm³/mol. The number of ether oxygens (including phenoxy) is 1. The zero-order chi connectivity index (χ0) is 22.6. The first-order valence-electron chi connectivity index (χ1n) is 10.4. The Morgan fingerprint density at radius 1 is 0.909 bits per heavy atom. The Balaban J connectivity index is 1.46. The largest absolute Gasteiger partial charge is 0.488 e. The molecule has 1 amide bonds. The molecule has 1 fully saturated rings. The fourth-order valence-electron chi connectivity index (χ4n) is 3.46. The minimum Gasteiger partial charge on any atom is -0.488 e. The van der Waals surface area contributed by atoms with Crippen molar-refractivity contribution >= 4 is 57.0 Å². The first kappa shape index (κ1) is 21.3. The standard InChI is InChI=1S/C27H19ClN2O2S/c28-22-12-10-18(11-13-22)17-32-24-15-20-7-5-4-6-19(20)14-21(24)16-25-26(31)30-27(33-25)29-23-8-2-1-3-9-23/h1-16H,17H2,(H,29,30,31)/b25-16+. The Kier molecular flexibility index (Phi) is 6.15. The van der Waals surface area contributed by atoms with Gasteiger partial charge in [0.1, 0.15) is 12.4 Å². The number of para-hydroxylation sites is 1. The second kappa shape index (κ2) is 9.53. The number of amidine groups is 1. The number of halogens is 1. The molecule has 1 N–H and O–H groups in total. The summed E-state index contributed by atoms with van der Waals surface area (Å²) in [7, 11) is 0. The van der Waals surface area contributed by atoms with Crippen molar-refractivity contribution in [2.24, 2.45) is 4.99 Å². The van der Waals surface area contributed by atoms with Gasteiger partial charge in [0.25, 0.3) is 5.91 Å². The van der Waals surface area contributed by atoms with Crippen LogP contribution in [0.5, 0.6) is 5.75 Å². The van der Waals surface area contributed by atoms with E-state index in [2.05, 4.69) is 10.3 Å². The first-order chi connectivity index (χ1) is 16.1. The molecule has 33 heavy (non-hydrogen) atoms. The molecular formula is C27H19ClN2O2S. The first-order valence-corrected chi connectivity index (χ1v) is 11.6. The van der Waals surface area contributed by atoms with Gasteiger partial charge < -0.3 is 10.1 Å². The van der Waals surface area contributed by atoms with Crippen LogP contribution in [-0.4, -0.2) is 11.1 Å². The van der Waals surface area contributed by atoms with Crippen molar-refractivity contribution in [1.29, 1.82) is 0 Å². The number of thioether (sulfide) groups is 1. The van der Waals surface area contributed by atoms with Crippen LogP contribution in [0.25, 0.3) is 16.8 Å². The summed E-state index contributed by atoms with van der Waals surface area (Å²) in [5.74, 6) is 0.532. The molecule has 0 spiro atoms. The van der Waals surface area contributed by atoms with Crippen LogP contribution in [-0.2, 0) is 11.4 Å². The molecule has 1 aliphatic rings. The van der Waals surface area contributed by atoms with E-state index in [0.29, 0.717) is 27.5 Å². The van der Waals surface area contributed by atoms with E-state index in [9.17, 15) is 4.79 Å². The third kappa shape index (κ3) is 5.11. The molecule has 1 heterocycles. The van der Waals surface area contributed by atoms with Crippen LogP contribution in [0.4, 0.5) is 5.69 Å². The van der Waals surface area contributed by atoms with Gasteiger partial charge in [0.2, 0.25) is 0 Å². The maximum Gasteiger partial charge on any atom is 0.264 e. The molecule has 0 atom stereocenters. The van der Waals surface area contributed by atoms with E-state index in [1.165, 1.54) is 11.8 Å². The molecule has 0 saturated carbocycles. The highest BCUT2D eigenvalue weighted by molar-refractivity contribution is 8.18. The SMILES string of the molecule is O=C1NC(=Nc2ccccc2)S/C1=C/c1cc2ccccc2cc1OCc1ccc(Cl)cc1. The van der Waals surface area contributed by atoms with E-state index < -0.39 is 0 Å². The average Bonchev–Trinajstić information content (AvgIpc) is 3.17. The van der Waals surface area contributed by atoms with Crippen molar-refractivity contribution in [2.45, 2.75) is 6.61 Å². The van der Waals surface area contributed by atoms with E-state index >= 15 is 0 Å². The van der Waals surface area contributed by atoms with Crippen LogP contribution in [0, 0.1) is 0 Å². The summed E-state index contributed by atoms with van der Waals surface area (Å²) in [4.78, 5) is 17.7. The minimum absolute atomic E-state index is 0.175. The Morgan fingerprint density at radius 3 is 2.36 bits per heavy atom. The lowest BCUT2D eigenvalue weighted by Gasteiger charge is -2.12. The summed E-state index contributed by atoms with van der Waals surface area (Å²) < 4.78 is 6.18. The van der Waals surface area contributed by atoms with E-state index in [0.717, 1.165) is 27.6 Å². The molecule has 162 valence electrons. The number of nitrogens with zero attached hydrogens (tertiary/aromatic N) is 1. The lowest BCUT2D eigenvalue weighted by atomic mass is 10.1. The Bertz CT molecular complexity index is 1380. The van der Waals surface area contributed by atoms with Crippen LogP contribution >= 0.6 is 23.4 Å². The maximum atomic E-state index is 12.6. The van der Waals surface area contributed by atoms with Gasteiger partial charge >= 0.3 is 0 Å². The second-order valence-corrected chi connectivity index (χ2v) is 8.94. The molecule has 0 radical (unpaired) electrons. The molecule has 0 unspecified atom stereocenters. The third-order valence-electron chi connectivity index (χ3n) is 5.11. The van der Waals surface area contributed by atoms with E-state index in [4.69, 9.17) is 16.3 Å². The van der Waals surface area contributed by atoms with Gasteiger partial charge in [-0.2, -0.15) is 0 Å². The molecule has 1 saturated heterocycles. The van der Waals surface area contributed by atoms with Gasteiger partial charge in [-0.25, -0.2) is 4.99 Å². The summed E-state index contributed by atoms with van der Waals surface area (Å²) in [6.07, 6.45) is 1.86. The van der Waals surface area contributed by atoms with Crippen molar-refractivity contribution in [1.82, 2.24) is 5.32 Å². The molecule has 1 aliphatic heterocycles. The van der Waals surface area contributed by atoms with E-state index in [1.54, 1.807) is 0 Å². The van der Waals surface area contributed by atoms with Gasteiger partial charge in [0, 0.05) is 10.6 Å². The van der Waals surface area contributed by atoms with Gasteiger partial charge in [0.15, 0.2) is 5.17 Å². The summed E-state index contributed by atoms with van der Waals surface area (Å²) in [6.45, 7) is 0.395. The van der Waals surface area contributed by atoms with Crippen LogP contribution < -0.4 is 10.1 Å². The summed E-state index contributed by atoms with van der Waals surface area (Å²) in [6, 6.07) is 29.2.